The van der Waals surface area contributed by atoms with E-state index in [1.54, 1.807) is 0 Å². The van der Waals surface area contributed by atoms with E-state index in [2.05, 4.69) is 13.8 Å². The number of aliphatic carboxylic acids is 1. The molecule has 0 aromatic heterocycles. The number of likely N-dealkylation sites (tertiary alicyclic amines) is 1. The highest BCUT2D eigenvalue weighted by atomic mass is 16.4. The standard InChI is InChI=1S/C12H22N2O3/c1-8(2)9-6-11(15)14(7-9)10(12(16)17)4-3-5-13/h8-10H,3-7,13H2,1-2H3,(H,16,17). The maximum atomic E-state index is 11.8. The van der Waals surface area contributed by atoms with Crippen LogP contribution in [0, 0.1) is 11.8 Å². The van der Waals surface area contributed by atoms with E-state index in [9.17, 15) is 9.59 Å². The summed E-state index contributed by atoms with van der Waals surface area (Å²) in [6, 6.07) is -0.699. The molecule has 1 aliphatic rings. The van der Waals surface area contributed by atoms with E-state index < -0.39 is 12.0 Å². The number of carboxylic acids is 1. The van der Waals surface area contributed by atoms with Gasteiger partial charge in [0, 0.05) is 13.0 Å². The van der Waals surface area contributed by atoms with Crippen LogP contribution >= 0.6 is 0 Å². The molecule has 1 fully saturated rings. The van der Waals surface area contributed by atoms with Crippen LogP contribution in [-0.2, 0) is 9.59 Å². The molecule has 2 atom stereocenters. The van der Waals surface area contributed by atoms with Gasteiger partial charge in [0.2, 0.25) is 5.91 Å². The third-order valence-corrected chi connectivity index (χ3v) is 3.47. The van der Waals surface area contributed by atoms with Gasteiger partial charge in [-0.15, -0.1) is 0 Å². The maximum Gasteiger partial charge on any atom is 0.326 e. The maximum absolute atomic E-state index is 11.8. The molecule has 1 saturated heterocycles. The largest absolute Gasteiger partial charge is 0.480 e. The van der Waals surface area contributed by atoms with Gasteiger partial charge in [0.1, 0.15) is 6.04 Å². The summed E-state index contributed by atoms with van der Waals surface area (Å²) >= 11 is 0. The van der Waals surface area contributed by atoms with Crippen molar-refractivity contribution < 1.29 is 14.7 Å². The van der Waals surface area contributed by atoms with Crippen LogP contribution in [0.2, 0.25) is 0 Å². The van der Waals surface area contributed by atoms with Crippen molar-refractivity contribution in [2.45, 2.75) is 39.2 Å². The van der Waals surface area contributed by atoms with Gasteiger partial charge in [-0.2, -0.15) is 0 Å². The second-order valence-electron chi connectivity index (χ2n) is 5.04. The first kappa shape index (κ1) is 14.0. The van der Waals surface area contributed by atoms with Gasteiger partial charge >= 0.3 is 5.97 Å². The Kier molecular flexibility index (Phi) is 4.93. The molecule has 1 heterocycles. The second-order valence-corrected chi connectivity index (χ2v) is 5.04. The first-order valence-electron chi connectivity index (χ1n) is 6.19. The monoisotopic (exact) mass is 242 g/mol. The average molecular weight is 242 g/mol. The molecule has 5 nitrogen and oxygen atoms in total. The Morgan fingerprint density at radius 1 is 1.59 bits per heavy atom. The lowest BCUT2D eigenvalue weighted by atomic mass is 9.95. The molecule has 0 radical (unpaired) electrons. The molecule has 0 spiro atoms. The number of hydrogen-bond donors (Lipinski definition) is 2. The Morgan fingerprint density at radius 3 is 2.65 bits per heavy atom. The van der Waals surface area contributed by atoms with Crippen LogP contribution < -0.4 is 5.73 Å². The number of nitrogens with zero attached hydrogens (tertiary/aromatic N) is 1. The summed E-state index contributed by atoms with van der Waals surface area (Å²) in [6.45, 7) is 5.16. The van der Waals surface area contributed by atoms with Crippen LogP contribution in [0.15, 0.2) is 0 Å². The second kappa shape index (κ2) is 6.00. The summed E-state index contributed by atoms with van der Waals surface area (Å²) < 4.78 is 0. The molecule has 2 unspecified atom stereocenters. The Labute approximate surface area is 102 Å². The number of rotatable bonds is 6. The molecule has 0 aliphatic carbocycles. The van der Waals surface area contributed by atoms with E-state index in [4.69, 9.17) is 10.8 Å². The van der Waals surface area contributed by atoms with Crippen molar-refractivity contribution in [3.63, 3.8) is 0 Å². The fourth-order valence-corrected chi connectivity index (χ4v) is 2.23. The van der Waals surface area contributed by atoms with Crippen molar-refractivity contribution in [1.82, 2.24) is 4.90 Å². The first-order valence-corrected chi connectivity index (χ1v) is 6.19. The van der Waals surface area contributed by atoms with E-state index in [-0.39, 0.29) is 11.8 Å². The van der Waals surface area contributed by atoms with E-state index in [1.165, 1.54) is 4.90 Å². The highest BCUT2D eigenvalue weighted by Gasteiger charge is 2.38. The van der Waals surface area contributed by atoms with Gasteiger partial charge in [0.25, 0.3) is 0 Å². The summed E-state index contributed by atoms with van der Waals surface area (Å²) in [4.78, 5) is 24.5. The Hall–Kier alpha value is -1.10. The van der Waals surface area contributed by atoms with Crippen LogP contribution in [0.4, 0.5) is 0 Å². The summed E-state index contributed by atoms with van der Waals surface area (Å²) in [5.41, 5.74) is 5.39. The van der Waals surface area contributed by atoms with Crippen molar-refractivity contribution >= 4 is 11.9 Å². The van der Waals surface area contributed by atoms with Crippen LogP contribution in [-0.4, -0.2) is 41.0 Å². The van der Waals surface area contributed by atoms with Crippen LogP contribution in [0.25, 0.3) is 0 Å². The summed E-state index contributed by atoms with van der Waals surface area (Å²) in [6.07, 6.45) is 1.56. The smallest absolute Gasteiger partial charge is 0.326 e. The van der Waals surface area contributed by atoms with E-state index in [0.29, 0.717) is 38.3 Å². The predicted octanol–water partition coefficient (Wildman–Crippen LogP) is 0.683. The van der Waals surface area contributed by atoms with Gasteiger partial charge in [-0.1, -0.05) is 13.8 Å². The van der Waals surface area contributed by atoms with E-state index in [0.717, 1.165) is 0 Å². The van der Waals surface area contributed by atoms with E-state index >= 15 is 0 Å². The number of nitrogens with two attached hydrogens (primary N) is 1. The zero-order chi connectivity index (χ0) is 13.0. The molecule has 5 heteroatoms. The quantitative estimate of drug-likeness (QED) is 0.717. The molecule has 1 amide bonds. The highest BCUT2D eigenvalue weighted by Crippen LogP contribution is 2.27. The minimum atomic E-state index is -0.920. The van der Waals surface area contributed by atoms with E-state index in [1.807, 2.05) is 0 Å². The van der Waals surface area contributed by atoms with Crippen molar-refractivity contribution in [1.29, 1.82) is 0 Å². The van der Waals surface area contributed by atoms with Crippen molar-refractivity contribution in [3.05, 3.63) is 0 Å². The summed E-state index contributed by atoms with van der Waals surface area (Å²) in [7, 11) is 0. The van der Waals surface area contributed by atoms with Gasteiger partial charge in [-0.05, 0) is 31.2 Å². The molecular weight excluding hydrogens is 220 g/mol. The molecule has 3 N–H and O–H groups in total. The number of carboxylic acid groups (broad SMARTS) is 1. The first-order chi connectivity index (χ1) is 7.97. The molecule has 1 aliphatic heterocycles. The van der Waals surface area contributed by atoms with Gasteiger partial charge in [-0.25, -0.2) is 4.79 Å². The predicted molar refractivity (Wildman–Crippen MR) is 64.4 cm³/mol. The van der Waals surface area contributed by atoms with Crippen molar-refractivity contribution in [2.24, 2.45) is 17.6 Å². The fraction of sp³-hybridized carbons (Fsp3) is 0.833. The Morgan fingerprint density at radius 2 is 2.24 bits per heavy atom. The molecule has 0 aromatic rings. The average Bonchev–Trinajstić information content (AvgIpc) is 2.61. The molecular formula is C12H22N2O3. The topological polar surface area (TPSA) is 83.6 Å². The lowest BCUT2D eigenvalue weighted by Crippen LogP contribution is -2.42. The van der Waals surface area contributed by atoms with Crippen LogP contribution in [0.3, 0.4) is 0 Å². The Balaban J connectivity index is 2.68. The zero-order valence-electron chi connectivity index (χ0n) is 10.6. The van der Waals surface area contributed by atoms with Crippen molar-refractivity contribution in [2.75, 3.05) is 13.1 Å². The van der Waals surface area contributed by atoms with Gasteiger partial charge in [-0.3, -0.25) is 4.79 Å². The third kappa shape index (κ3) is 3.43. The molecule has 17 heavy (non-hydrogen) atoms. The summed E-state index contributed by atoms with van der Waals surface area (Å²) in [5.74, 6) is -0.264. The molecule has 0 saturated carbocycles. The number of hydrogen-bond acceptors (Lipinski definition) is 3. The van der Waals surface area contributed by atoms with Gasteiger partial charge < -0.3 is 15.7 Å². The third-order valence-electron chi connectivity index (χ3n) is 3.47. The molecule has 1 rings (SSSR count). The van der Waals surface area contributed by atoms with Gasteiger partial charge in [0.15, 0.2) is 0 Å². The number of amides is 1. The number of carbonyl (C=O) groups is 2. The minimum absolute atomic E-state index is 0.0341. The fourth-order valence-electron chi connectivity index (χ4n) is 2.23. The van der Waals surface area contributed by atoms with Gasteiger partial charge in [0.05, 0.1) is 0 Å². The molecule has 98 valence electrons. The van der Waals surface area contributed by atoms with Crippen LogP contribution in [0.5, 0.6) is 0 Å². The molecule has 0 aromatic carbocycles. The lowest BCUT2D eigenvalue weighted by molar-refractivity contribution is -0.148. The Bertz CT molecular complexity index is 291. The zero-order valence-corrected chi connectivity index (χ0v) is 10.6. The molecule has 0 bridgehead atoms. The van der Waals surface area contributed by atoms with Crippen molar-refractivity contribution in [3.8, 4) is 0 Å². The van der Waals surface area contributed by atoms with Crippen LogP contribution in [0.1, 0.15) is 33.1 Å². The SMILES string of the molecule is CC(C)C1CC(=O)N(C(CCCN)C(=O)O)C1. The minimum Gasteiger partial charge on any atom is -0.480 e. The lowest BCUT2D eigenvalue weighted by Gasteiger charge is -2.25. The summed E-state index contributed by atoms with van der Waals surface area (Å²) in [5, 5.41) is 9.17. The number of carbonyl (C=O) groups excluding carboxylic acids is 1. The normalized spacial score (nSPS) is 22.2. The highest BCUT2D eigenvalue weighted by molar-refractivity contribution is 5.85.